The van der Waals surface area contributed by atoms with E-state index >= 15 is 0 Å². The summed E-state index contributed by atoms with van der Waals surface area (Å²) >= 11 is 3.39. The van der Waals surface area contributed by atoms with Crippen LogP contribution in [0.2, 0.25) is 0 Å². The third-order valence-electron chi connectivity index (χ3n) is 3.36. The summed E-state index contributed by atoms with van der Waals surface area (Å²) in [5.74, 6) is 0.0286. The van der Waals surface area contributed by atoms with E-state index in [-0.39, 0.29) is 5.92 Å². The van der Waals surface area contributed by atoms with Crippen LogP contribution < -0.4 is 4.74 Å². The van der Waals surface area contributed by atoms with Gasteiger partial charge >= 0.3 is 5.97 Å². The first-order valence-corrected chi connectivity index (χ1v) is 8.45. The molecule has 2 rings (SSSR count). The number of aliphatic hydroxyl groups excluding tert-OH is 1. The molecule has 1 N–H and O–H groups in total. The van der Waals surface area contributed by atoms with Crippen LogP contribution in [0.5, 0.6) is 5.75 Å². The highest BCUT2D eigenvalue weighted by Gasteiger charge is 2.10. The van der Waals surface area contributed by atoms with E-state index in [0.29, 0.717) is 11.3 Å². The van der Waals surface area contributed by atoms with E-state index in [2.05, 4.69) is 20.9 Å². The first-order valence-electron chi connectivity index (χ1n) is 7.66. The van der Waals surface area contributed by atoms with Crippen LogP contribution in [-0.4, -0.2) is 23.5 Å². The SMILES string of the molecule is Cc1ccc(C(=O)Oc2cc(Br)cc(C=NC(O)C(C)C)c2)cc1. The van der Waals surface area contributed by atoms with Gasteiger partial charge in [0.25, 0.3) is 0 Å². The van der Waals surface area contributed by atoms with Crippen LogP contribution in [0.25, 0.3) is 0 Å². The molecule has 0 saturated heterocycles. The van der Waals surface area contributed by atoms with Crippen LogP contribution >= 0.6 is 15.9 Å². The molecular weight excluding hydrogens is 370 g/mol. The first-order chi connectivity index (χ1) is 11.3. The number of halogens is 1. The zero-order valence-electron chi connectivity index (χ0n) is 13.9. The van der Waals surface area contributed by atoms with E-state index in [1.54, 1.807) is 30.5 Å². The Morgan fingerprint density at radius 2 is 1.88 bits per heavy atom. The van der Waals surface area contributed by atoms with Gasteiger partial charge in [0.15, 0.2) is 0 Å². The summed E-state index contributed by atoms with van der Waals surface area (Å²) in [5.41, 5.74) is 2.30. The number of hydrogen-bond acceptors (Lipinski definition) is 4. The second kappa shape index (κ2) is 8.22. The summed E-state index contributed by atoms with van der Waals surface area (Å²) in [7, 11) is 0. The molecule has 1 atom stereocenters. The monoisotopic (exact) mass is 389 g/mol. The van der Waals surface area contributed by atoms with Crippen LogP contribution in [0.3, 0.4) is 0 Å². The maximum Gasteiger partial charge on any atom is 0.343 e. The first kappa shape index (κ1) is 18.4. The summed E-state index contributed by atoms with van der Waals surface area (Å²) in [6.45, 7) is 5.73. The molecule has 4 nitrogen and oxygen atoms in total. The fraction of sp³-hybridized carbons (Fsp3) is 0.263. The average Bonchev–Trinajstić information content (AvgIpc) is 2.52. The zero-order valence-corrected chi connectivity index (χ0v) is 15.4. The topological polar surface area (TPSA) is 58.9 Å². The Morgan fingerprint density at radius 3 is 2.50 bits per heavy atom. The number of nitrogens with zero attached hydrogens (tertiary/aromatic N) is 1. The molecule has 0 spiro atoms. The molecule has 0 fully saturated rings. The normalized spacial score (nSPS) is 12.6. The maximum absolute atomic E-state index is 12.2. The zero-order chi connectivity index (χ0) is 17.7. The maximum atomic E-state index is 12.2. The molecule has 0 bridgehead atoms. The fourth-order valence-electron chi connectivity index (χ4n) is 1.91. The number of aliphatic hydroxyl groups is 1. The Bertz CT molecular complexity index is 739. The standard InChI is InChI=1S/C19H20BrNO3/c1-12(2)18(22)21-11-14-8-16(20)10-17(9-14)24-19(23)15-6-4-13(3)5-7-15/h4-12,18,22H,1-3H3. The van der Waals surface area contributed by atoms with Crippen molar-refractivity contribution < 1.29 is 14.6 Å². The van der Waals surface area contributed by atoms with Crippen molar-refractivity contribution in [2.75, 3.05) is 0 Å². The smallest absolute Gasteiger partial charge is 0.343 e. The van der Waals surface area contributed by atoms with Crippen LogP contribution in [0, 0.1) is 12.8 Å². The van der Waals surface area contributed by atoms with Crippen LogP contribution in [-0.2, 0) is 0 Å². The summed E-state index contributed by atoms with van der Waals surface area (Å²) in [5, 5.41) is 9.75. The van der Waals surface area contributed by atoms with Crippen molar-refractivity contribution in [3.63, 3.8) is 0 Å². The molecule has 24 heavy (non-hydrogen) atoms. The van der Waals surface area contributed by atoms with Gasteiger partial charge in [-0.15, -0.1) is 0 Å². The molecule has 0 aliphatic rings. The molecule has 0 aliphatic carbocycles. The fourth-order valence-corrected chi connectivity index (χ4v) is 2.40. The number of aliphatic imine (C=N–C) groups is 1. The lowest BCUT2D eigenvalue weighted by Gasteiger charge is -2.09. The van der Waals surface area contributed by atoms with Gasteiger partial charge in [-0.1, -0.05) is 47.5 Å². The predicted molar refractivity (Wildman–Crippen MR) is 98.7 cm³/mol. The Hall–Kier alpha value is -1.98. The molecule has 0 heterocycles. The molecule has 0 aromatic heterocycles. The van der Waals surface area contributed by atoms with Crippen LogP contribution in [0.1, 0.15) is 35.3 Å². The molecule has 2 aromatic carbocycles. The highest BCUT2D eigenvalue weighted by atomic mass is 79.9. The minimum Gasteiger partial charge on any atom is -0.423 e. The largest absolute Gasteiger partial charge is 0.423 e. The van der Waals surface area contributed by atoms with Crippen molar-refractivity contribution in [3.8, 4) is 5.75 Å². The number of aryl methyl sites for hydroxylation is 1. The summed E-state index contributed by atoms with van der Waals surface area (Å²) < 4.78 is 6.18. The molecule has 2 aromatic rings. The summed E-state index contributed by atoms with van der Waals surface area (Å²) in [6, 6.07) is 12.4. The van der Waals surface area contributed by atoms with E-state index < -0.39 is 12.2 Å². The van der Waals surface area contributed by atoms with Gasteiger partial charge in [0.2, 0.25) is 0 Å². The van der Waals surface area contributed by atoms with Crippen molar-refractivity contribution in [3.05, 3.63) is 63.6 Å². The van der Waals surface area contributed by atoms with Crippen molar-refractivity contribution in [1.82, 2.24) is 0 Å². The summed E-state index contributed by atoms with van der Waals surface area (Å²) in [6.07, 6.45) is 0.807. The number of carbonyl (C=O) groups excluding carboxylic acids is 1. The van der Waals surface area contributed by atoms with E-state index in [4.69, 9.17) is 4.74 Å². The van der Waals surface area contributed by atoms with E-state index in [0.717, 1.165) is 15.6 Å². The van der Waals surface area contributed by atoms with Gasteiger partial charge in [-0.05, 0) is 48.7 Å². The lowest BCUT2D eigenvalue weighted by atomic mass is 10.1. The molecular formula is C19H20BrNO3. The third-order valence-corrected chi connectivity index (χ3v) is 3.82. The highest BCUT2D eigenvalue weighted by molar-refractivity contribution is 9.10. The molecule has 0 aliphatic heterocycles. The van der Waals surface area contributed by atoms with Crippen molar-refractivity contribution in [2.24, 2.45) is 10.9 Å². The third kappa shape index (κ3) is 5.28. The van der Waals surface area contributed by atoms with Crippen LogP contribution in [0.4, 0.5) is 0 Å². The van der Waals surface area contributed by atoms with Gasteiger partial charge in [-0.3, -0.25) is 4.99 Å². The number of esters is 1. The number of carbonyl (C=O) groups is 1. The minimum absolute atomic E-state index is 0.0345. The van der Waals surface area contributed by atoms with Gasteiger partial charge in [0.1, 0.15) is 12.0 Å². The van der Waals surface area contributed by atoms with Crippen LogP contribution in [0.15, 0.2) is 51.9 Å². The minimum atomic E-state index is -0.762. The van der Waals surface area contributed by atoms with Crippen molar-refractivity contribution in [2.45, 2.75) is 27.0 Å². The highest BCUT2D eigenvalue weighted by Crippen LogP contribution is 2.22. The molecule has 0 radical (unpaired) electrons. The average molecular weight is 390 g/mol. The van der Waals surface area contributed by atoms with Gasteiger partial charge in [0, 0.05) is 10.7 Å². The van der Waals surface area contributed by atoms with E-state index in [1.807, 2.05) is 39.0 Å². The van der Waals surface area contributed by atoms with Gasteiger partial charge in [0.05, 0.1) is 5.56 Å². The van der Waals surface area contributed by atoms with Gasteiger partial charge < -0.3 is 9.84 Å². The van der Waals surface area contributed by atoms with Crippen molar-refractivity contribution in [1.29, 1.82) is 0 Å². The second-order valence-electron chi connectivity index (χ2n) is 5.91. The Balaban J connectivity index is 2.16. The molecule has 0 amide bonds. The second-order valence-corrected chi connectivity index (χ2v) is 6.83. The lowest BCUT2D eigenvalue weighted by Crippen LogP contribution is -2.11. The lowest BCUT2D eigenvalue weighted by molar-refractivity contribution is 0.0734. The van der Waals surface area contributed by atoms with E-state index in [9.17, 15) is 9.90 Å². The molecule has 5 heteroatoms. The number of ether oxygens (including phenoxy) is 1. The number of benzene rings is 2. The summed E-state index contributed by atoms with van der Waals surface area (Å²) in [4.78, 5) is 16.3. The van der Waals surface area contributed by atoms with Gasteiger partial charge in [-0.2, -0.15) is 0 Å². The number of rotatable bonds is 5. The Morgan fingerprint density at radius 1 is 1.21 bits per heavy atom. The van der Waals surface area contributed by atoms with E-state index in [1.165, 1.54) is 0 Å². The molecule has 126 valence electrons. The van der Waals surface area contributed by atoms with Crippen molar-refractivity contribution >= 4 is 28.1 Å². The quantitative estimate of drug-likeness (QED) is 0.469. The Kier molecular flexibility index (Phi) is 6.29. The molecule has 0 saturated carbocycles. The Labute approximate surface area is 150 Å². The van der Waals surface area contributed by atoms with Gasteiger partial charge in [-0.25, -0.2) is 4.79 Å². The predicted octanol–water partition coefficient (Wildman–Crippen LogP) is 4.37. The number of hydrogen-bond donors (Lipinski definition) is 1. The molecule has 1 unspecified atom stereocenters.